The molecule has 0 radical (unpaired) electrons. The van der Waals surface area contributed by atoms with E-state index in [1.54, 1.807) is 18.4 Å². The van der Waals surface area contributed by atoms with Crippen LogP contribution in [0.1, 0.15) is 49.0 Å². The minimum atomic E-state index is 0.357. The van der Waals surface area contributed by atoms with Crippen LogP contribution >= 0.6 is 11.3 Å². The van der Waals surface area contributed by atoms with Crippen molar-refractivity contribution in [3.05, 3.63) is 46.2 Å². The van der Waals surface area contributed by atoms with Gasteiger partial charge < -0.3 is 15.2 Å². The van der Waals surface area contributed by atoms with E-state index < -0.39 is 0 Å². The van der Waals surface area contributed by atoms with Gasteiger partial charge in [0.1, 0.15) is 0 Å². The Morgan fingerprint density at radius 1 is 1.12 bits per heavy atom. The van der Waals surface area contributed by atoms with Crippen molar-refractivity contribution in [2.75, 3.05) is 20.3 Å². The molecule has 24 heavy (non-hydrogen) atoms. The van der Waals surface area contributed by atoms with E-state index in [0.717, 1.165) is 30.9 Å². The van der Waals surface area contributed by atoms with Gasteiger partial charge in [-0.25, -0.2) is 0 Å². The first kappa shape index (κ1) is 18.8. The second-order valence-corrected chi connectivity index (χ2v) is 7.03. The van der Waals surface area contributed by atoms with Gasteiger partial charge in [0.15, 0.2) is 11.5 Å². The fourth-order valence-corrected chi connectivity index (χ4v) is 3.62. The Morgan fingerprint density at radius 2 is 2.00 bits per heavy atom. The third kappa shape index (κ3) is 5.53. The van der Waals surface area contributed by atoms with Crippen LogP contribution in [-0.4, -0.2) is 20.3 Å². The summed E-state index contributed by atoms with van der Waals surface area (Å²) in [5, 5.41) is 2.11. The molecule has 0 fully saturated rings. The van der Waals surface area contributed by atoms with Gasteiger partial charge in [-0.1, -0.05) is 38.3 Å². The lowest BCUT2D eigenvalue weighted by Crippen LogP contribution is -2.14. The van der Waals surface area contributed by atoms with Gasteiger partial charge in [-0.15, -0.1) is 11.3 Å². The van der Waals surface area contributed by atoms with Crippen LogP contribution < -0.4 is 15.2 Å². The first-order valence-corrected chi connectivity index (χ1v) is 9.69. The topological polar surface area (TPSA) is 44.5 Å². The third-order valence-corrected chi connectivity index (χ3v) is 5.23. The molecule has 1 atom stereocenters. The molecule has 0 spiro atoms. The summed E-state index contributed by atoms with van der Waals surface area (Å²) < 4.78 is 11.4. The van der Waals surface area contributed by atoms with Crippen LogP contribution in [0.5, 0.6) is 11.5 Å². The normalized spacial score (nSPS) is 12.1. The number of rotatable bonds is 11. The van der Waals surface area contributed by atoms with Gasteiger partial charge in [0.2, 0.25) is 0 Å². The van der Waals surface area contributed by atoms with E-state index >= 15 is 0 Å². The number of ether oxygens (including phenoxy) is 2. The monoisotopic (exact) mass is 347 g/mol. The Bertz CT molecular complexity index is 583. The molecule has 0 saturated heterocycles. The lowest BCUT2D eigenvalue weighted by Gasteiger charge is -2.16. The molecule has 1 aromatic heterocycles. The van der Waals surface area contributed by atoms with Crippen LogP contribution in [0.15, 0.2) is 35.7 Å². The van der Waals surface area contributed by atoms with E-state index in [0.29, 0.717) is 12.5 Å². The molecule has 1 unspecified atom stereocenters. The number of nitrogens with two attached hydrogens (primary N) is 1. The Hall–Kier alpha value is -1.52. The quantitative estimate of drug-likeness (QED) is 0.582. The summed E-state index contributed by atoms with van der Waals surface area (Å²) in [7, 11) is 1.70. The summed E-state index contributed by atoms with van der Waals surface area (Å²) in [6, 6.07) is 10.5. The summed E-state index contributed by atoms with van der Waals surface area (Å²) in [6.45, 7) is 3.61. The lowest BCUT2D eigenvalue weighted by atomic mass is 9.97. The highest BCUT2D eigenvalue weighted by atomic mass is 32.1. The molecule has 2 N–H and O–H groups in total. The number of unbranched alkanes of at least 4 members (excludes halogenated alkanes) is 3. The summed E-state index contributed by atoms with van der Waals surface area (Å²) in [5.41, 5.74) is 7.20. The van der Waals surface area contributed by atoms with E-state index in [1.807, 2.05) is 6.07 Å². The van der Waals surface area contributed by atoms with Crippen LogP contribution in [0.3, 0.4) is 0 Å². The van der Waals surface area contributed by atoms with Crippen molar-refractivity contribution in [1.82, 2.24) is 0 Å². The maximum Gasteiger partial charge on any atom is 0.161 e. The second-order valence-electron chi connectivity index (χ2n) is 6.05. The van der Waals surface area contributed by atoms with Crippen LogP contribution in [0, 0.1) is 0 Å². The third-order valence-electron chi connectivity index (χ3n) is 4.20. The minimum Gasteiger partial charge on any atom is -0.493 e. The molecule has 4 heteroatoms. The highest BCUT2D eigenvalue weighted by Gasteiger charge is 2.13. The molecule has 2 rings (SSSR count). The first-order chi connectivity index (χ1) is 11.8. The molecule has 3 nitrogen and oxygen atoms in total. The number of benzene rings is 1. The van der Waals surface area contributed by atoms with E-state index in [1.165, 1.54) is 29.7 Å². The molecular weight excluding hydrogens is 318 g/mol. The molecule has 0 aliphatic carbocycles. The molecule has 0 saturated carbocycles. The molecule has 0 aliphatic heterocycles. The summed E-state index contributed by atoms with van der Waals surface area (Å²) in [6.07, 6.45) is 5.74. The fourth-order valence-electron chi connectivity index (χ4n) is 2.78. The number of hydrogen-bond donors (Lipinski definition) is 1. The van der Waals surface area contributed by atoms with Crippen molar-refractivity contribution in [1.29, 1.82) is 0 Å². The van der Waals surface area contributed by atoms with Crippen LogP contribution in [0.4, 0.5) is 0 Å². The fraction of sp³-hybridized carbons (Fsp3) is 0.500. The molecular formula is C20H29NO2S. The SMILES string of the molecule is CCCCCCOc1ccc(CC(CN)c2cccs2)cc1OC. The number of hydrogen-bond acceptors (Lipinski definition) is 4. The van der Waals surface area contributed by atoms with Gasteiger partial charge in [0.25, 0.3) is 0 Å². The summed E-state index contributed by atoms with van der Waals surface area (Å²) in [5.74, 6) is 2.00. The van der Waals surface area contributed by atoms with Crippen molar-refractivity contribution >= 4 is 11.3 Å². The number of methoxy groups -OCH3 is 1. The van der Waals surface area contributed by atoms with Crippen LogP contribution in [-0.2, 0) is 6.42 Å². The van der Waals surface area contributed by atoms with Gasteiger partial charge in [-0.05, 0) is 42.0 Å². The predicted octanol–water partition coefficient (Wildman–Crippen LogP) is 5.00. The maximum absolute atomic E-state index is 5.97. The Kier molecular flexibility index (Phi) is 8.13. The van der Waals surface area contributed by atoms with Crippen molar-refractivity contribution in [3.8, 4) is 11.5 Å². The van der Waals surface area contributed by atoms with Gasteiger partial charge in [0.05, 0.1) is 13.7 Å². The average molecular weight is 348 g/mol. The van der Waals surface area contributed by atoms with E-state index in [4.69, 9.17) is 15.2 Å². The van der Waals surface area contributed by atoms with Crippen LogP contribution in [0.2, 0.25) is 0 Å². The molecule has 1 aromatic carbocycles. The molecule has 0 bridgehead atoms. The van der Waals surface area contributed by atoms with Gasteiger partial charge >= 0.3 is 0 Å². The maximum atomic E-state index is 5.97. The smallest absolute Gasteiger partial charge is 0.161 e. The van der Waals surface area contributed by atoms with Crippen molar-refractivity contribution < 1.29 is 9.47 Å². The van der Waals surface area contributed by atoms with Gasteiger partial charge in [0, 0.05) is 17.3 Å². The zero-order chi connectivity index (χ0) is 17.2. The summed E-state index contributed by atoms with van der Waals surface area (Å²) in [4.78, 5) is 1.34. The molecule has 132 valence electrons. The number of thiophene rings is 1. The zero-order valence-corrected chi connectivity index (χ0v) is 15.6. The highest BCUT2D eigenvalue weighted by Crippen LogP contribution is 2.31. The summed E-state index contributed by atoms with van der Waals surface area (Å²) >= 11 is 1.77. The van der Waals surface area contributed by atoms with Crippen LogP contribution in [0.25, 0.3) is 0 Å². The zero-order valence-electron chi connectivity index (χ0n) is 14.8. The largest absolute Gasteiger partial charge is 0.493 e. The molecule has 2 aromatic rings. The van der Waals surface area contributed by atoms with E-state index in [9.17, 15) is 0 Å². The molecule has 0 amide bonds. The predicted molar refractivity (Wildman–Crippen MR) is 102 cm³/mol. The van der Waals surface area contributed by atoms with Crippen molar-refractivity contribution in [2.45, 2.75) is 44.9 Å². The van der Waals surface area contributed by atoms with E-state index in [-0.39, 0.29) is 0 Å². The molecule has 0 aliphatic rings. The van der Waals surface area contributed by atoms with Gasteiger partial charge in [-0.3, -0.25) is 0 Å². The standard InChI is InChI=1S/C20H29NO2S/c1-3-4-5-6-11-23-18-10-9-16(14-19(18)22-2)13-17(15-21)20-8-7-12-24-20/h7-10,12,14,17H,3-6,11,13,15,21H2,1-2H3. The average Bonchev–Trinajstić information content (AvgIpc) is 3.14. The van der Waals surface area contributed by atoms with Crippen molar-refractivity contribution in [2.24, 2.45) is 5.73 Å². The minimum absolute atomic E-state index is 0.357. The molecule has 1 heterocycles. The first-order valence-electron chi connectivity index (χ1n) is 8.81. The second kappa shape index (κ2) is 10.4. The lowest BCUT2D eigenvalue weighted by molar-refractivity contribution is 0.285. The van der Waals surface area contributed by atoms with E-state index in [2.05, 4.69) is 36.6 Å². The Morgan fingerprint density at radius 3 is 2.67 bits per heavy atom. The highest BCUT2D eigenvalue weighted by molar-refractivity contribution is 7.10. The Balaban J connectivity index is 1.97. The Labute approximate surface area is 149 Å². The van der Waals surface area contributed by atoms with Gasteiger partial charge in [-0.2, -0.15) is 0 Å². The van der Waals surface area contributed by atoms with Crippen molar-refractivity contribution in [3.63, 3.8) is 0 Å².